The Morgan fingerprint density at radius 1 is 1.23 bits per heavy atom. The summed E-state index contributed by atoms with van der Waals surface area (Å²) in [6.45, 7) is 1.39. The van der Waals surface area contributed by atoms with Gasteiger partial charge < -0.3 is 9.88 Å². The molecule has 1 aromatic carbocycles. The highest BCUT2D eigenvalue weighted by atomic mass is 16.6. The highest BCUT2D eigenvalue weighted by Crippen LogP contribution is 2.28. The zero-order chi connectivity index (χ0) is 15.1. The van der Waals surface area contributed by atoms with Gasteiger partial charge in [-0.2, -0.15) is 0 Å². The van der Waals surface area contributed by atoms with Crippen molar-refractivity contribution in [1.82, 2.24) is 19.9 Å². The van der Waals surface area contributed by atoms with Crippen molar-refractivity contribution in [3.05, 3.63) is 52.1 Å². The van der Waals surface area contributed by atoms with Crippen LogP contribution in [-0.2, 0) is 13.0 Å². The lowest BCUT2D eigenvalue weighted by atomic mass is 9.99. The van der Waals surface area contributed by atoms with Crippen molar-refractivity contribution in [2.75, 3.05) is 11.4 Å². The molecule has 2 aromatic heterocycles. The number of nitrogens with one attached hydrogen (secondary N) is 1. The Kier molecular flexibility index (Phi) is 2.75. The monoisotopic (exact) mass is 296 g/mol. The second-order valence-electron chi connectivity index (χ2n) is 5.18. The van der Waals surface area contributed by atoms with Crippen LogP contribution in [0.2, 0.25) is 0 Å². The molecule has 0 radical (unpaired) electrons. The van der Waals surface area contributed by atoms with Crippen LogP contribution < -0.4 is 4.90 Å². The van der Waals surface area contributed by atoms with Crippen LogP contribution in [0.5, 0.6) is 0 Å². The number of benzene rings is 1. The number of hydrogen-bond donors (Lipinski definition) is 1. The topological polar surface area (TPSA) is 101 Å². The largest absolute Gasteiger partial charge is 0.350 e. The maximum Gasteiger partial charge on any atom is 0.269 e. The van der Waals surface area contributed by atoms with E-state index in [1.807, 2.05) is 6.07 Å². The Morgan fingerprint density at radius 3 is 3.00 bits per heavy atom. The molecule has 4 rings (SSSR count). The Morgan fingerprint density at radius 2 is 2.14 bits per heavy atom. The first-order chi connectivity index (χ1) is 10.7. The maximum atomic E-state index is 10.9. The molecule has 0 unspecified atom stereocenters. The van der Waals surface area contributed by atoms with E-state index in [4.69, 9.17) is 0 Å². The molecule has 8 nitrogen and oxygen atoms in total. The minimum Gasteiger partial charge on any atom is -0.350 e. The molecule has 0 spiro atoms. The van der Waals surface area contributed by atoms with E-state index in [9.17, 15) is 10.1 Å². The number of non-ortho nitro benzene ring substituents is 1. The van der Waals surface area contributed by atoms with Crippen LogP contribution in [0.1, 0.15) is 11.1 Å². The van der Waals surface area contributed by atoms with Gasteiger partial charge in [0.05, 0.1) is 11.3 Å². The molecule has 1 aliphatic rings. The van der Waals surface area contributed by atoms with Crippen LogP contribution in [0.15, 0.2) is 30.9 Å². The fourth-order valence-electron chi connectivity index (χ4n) is 2.83. The number of nitro groups is 1. The van der Waals surface area contributed by atoms with E-state index >= 15 is 0 Å². The summed E-state index contributed by atoms with van der Waals surface area (Å²) in [6, 6.07) is 5.05. The van der Waals surface area contributed by atoms with Crippen LogP contribution in [0, 0.1) is 10.1 Å². The van der Waals surface area contributed by atoms with Crippen LogP contribution in [0.4, 0.5) is 11.5 Å². The molecule has 0 fully saturated rings. The lowest BCUT2D eigenvalue weighted by Gasteiger charge is -2.29. The van der Waals surface area contributed by atoms with Crippen LogP contribution in [0.3, 0.4) is 0 Å². The molecule has 1 aliphatic heterocycles. The molecule has 0 saturated heterocycles. The van der Waals surface area contributed by atoms with E-state index in [2.05, 4.69) is 24.8 Å². The van der Waals surface area contributed by atoms with Gasteiger partial charge in [-0.15, -0.1) is 0 Å². The zero-order valence-electron chi connectivity index (χ0n) is 11.6. The molecule has 0 aliphatic carbocycles. The Labute approximate surface area is 125 Å². The highest BCUT2D eigenvalue weighted by molar-refractivity contribution is 5.82. The standard InChI is InChI=1S/C14H12N6O2/c21-20(22)11-2-1-9-3-4-19(6-10(9)5-11)14-12-13(16-7-15-12)17-8-18-14/h1-2,5,7-8H,3-4,6H2,(H,15,16,17,18). The van der Waals surface area contributed by atoms with Gasteiger partial charge in [-0.25, -0.2) is 15.0 Å². The van der Waals surface area contributed by atoms with Gasteiger partial charge in [0.2, 0.25) is 0 Å². The molecule has 0 saturated carbocycles. The summed E-state index contributed by atoms with van der Waals surface area (Å²) < 4.78 is 0. The normalized spacial score (nSPS) is 14.1. The zero-order valence-corrected chi connectivity index (χ0v) is 11.6. The molecule has 110 valence electrons. The van der Waals surface area contributed by atoms with Gasteiger partial charge in [0, 0.05) is 25.2 Å². The summed E-state index contributed by atoms with van der Waals surface area (Å²) in [5, 5.41) is 10.9. The minimum absolute atomic E-state index is 0.120. The van der Waals surface area contributed by atoms with Gasteiger partial charge in [-0.3, -0.25) is 10.1 Å². The van der Waals surface area contributed by atoms with Crippen molar-refractivity contribution < 1.29 is 4.92 Å². The van der Waals surface area contributed by atoms with Gasteiger partial charge in [-0.05, 0) is 17.5 Å². The fraction of sp³-hybridized carbons (Fsp3) is 0.214. The van der Waals surface area contributed by atoms with E-state index in [0.717, 1.165) is 35.4 Å². The van der Waals surface area contributed by atoms with Crippen LogP contribution >= 0.6 is 0 Å². The Bertz CT molecular complexity index is 875. The van der Waals surface area contributed by atoms with Gasteiger partial charge in [-0.1, -0.05) is 6.07 Å². The number of H-pyrrole nitrogens is 1. The molecule has 1 N–H and O–H groups in total. The van der Waals surface area contributed by atoms with E-state index in [0.29, 0.717) is 12.2 Å². The molecule has 0 bridgehead atoms. The van der Waals surface area contributed by atoms with Crippen molar-refractivity contribution in [3.63, 3.8) is 0 Å². The number of imidazole rings is 1. The smallest absolute Gasteiger partial charge is 0.269 e. The number of aromatic nitrogens is 4. The summed E-state index contributed by atoms with van der Waals surface area (Å²) >= 11 is 0. The number of fused-ring (bicyclic) bond motifs is 2. The third kappa shape index (κ3) is 1.96. The molecular formula is C14H12N6O2. The highest BCUT2D eigenvalue weighted by Gasteiger charge is 2.22. The van der Waals surface area contributed by atoms with Gasteiger partial charge >= 0.3 is 0 Å². The first-order valence-corrected chi connectivity index (χ1v) is 6.87. The molecule has 8 heteroatoms. The van der Waals surface area contributed by atoms with Crippen molar-refractivity contribution >= 4 is 22.7 Å². The van der Waals surface area contributed by atoms with Crippen LogP contribution in [-0.4, -0.2) is 31.4 Å². The molecular weight excluding hydrogens is 284 g/mol. The van der Waals surface area contributed by atoms with E-state index in [1.54, 1.807) is 18.5 Å². The summed E-state index contributed by atoms with van der Waals surface area (Å²) in [5.74, 6) is 0.777. The van der Waals surface area contributed by atoms with Gasteiger partial charge in [0.25, 0.3) is 5.69 Å². The second-order valence-corrected chi connectivity index (χ2v) is 5.18. The average Bonchev–Trinajstić information content (AvgIpc) is 3.02. The average molecular weight is 296 g/mol. The SMILES string of the molecule is O=[N+]([O-])c1ccc2c(c1)CN(c1ncnc3nc[nH]c13)CC2. The summed E-state index contributed by atoms with van der Waals surface area (Å²) in [5.41, 5.74) is 3.64. The molecule has 22 heavy (non-hydrogen) atoms. The van der Waals surface area contributed by atoms with Crippen LogP contribution in [0.25, 0.3) is 11.2 Å². The van der Waals surface area contributed by atoms with E-state index < -0.39 is 0 Å². The van der Waals surface area contributed by atoms with Crippen molar-refractivity contribution in [3.8, 4) is 0 Å². The van der Waals surface area contributed by atoms with Gasteiger partial charge in [0.15, 0.2) is 11.5 Å². The predicted octanol–water partition coefficient (Wildman–Crippen LogP) is 1.82. The molecule has 0 amide bonds. The predicted molar refractivity (Wildman–Crippen MR) is 79.5 cm³/mol. The number of nitrogens with zero attached hydrogens (tertiary/aromatic N) is 5. The van der Waals surface area contributed by atoms with E-state index in [1.165, 1.54) is 6.33 Å². The Balaban J connectivity index is 1.73. The number of aromatic amines is 1. The summed E-state index contributed by atoms with van der Waals surface area (Å²) in [6.07, 6.45) is 3.90. The molecule has 3 aromatic rings. The fourth-order valence-corrected chi connectivity index (χ4v) is 2.83. The lowest BCUT2D eigenvalue weighted by Crippen LogP contribution is -2.31. The molecule has 3 heterocycles. The minimum atomic E-state index is -0.364. The summed E-state index contributed by atoms with van der Waals surface area (Å²) in [7, 11) is 0. The first kappa shape index (κ1) is 12.7. The third-order valence-electron chi connectivity index (χ3n) is 3.92. The quantitative estimate of drug-likeness (QED) is 0.572. The van der Waals surface area contributed by atoms with Crippen molar-refractivity contribution in [1.29, 1.82) is 0 Å². The number of anilines is 1. The summed E-state index contributed by atoms with van der Waals surface area (Å²) in [4.78, 5) is 28.3. The maximum absolute atomic E-state index is 10.9. The van der Waals surface area contributed by atoms with Crippen molar-refractivity contribution in [2.45, 2.75) is 13.0 Å². The van der Waals surface area contributed by atoms with Gasteiger partial charge in [0.1, 0.15) is 11.8 Å². The van der Waals surface area contributed by atoms with Crippen molar-refractivity contribution in [2.24, 2.45) is 0 Å². The van der Waals surface area contributed by atoms with E-state index in [-0.39, 0.29) is 10.6 Å². The number of hydrogen-bond acceptors (Lipinski definition) is 6. The first-order valence-electron chi connectivity index (χ1n) is 6.87. The number of nitro benzene ring substituents is 1. The Hall–Kier alpha value is -3.03. The second kappa shape index (κ2) is 4.76. The third-order valence-corrected chi connectivity index (χ3v) is 3.92. The molecule has 0 atom stereocenters. The lowest BCUT2D eigenvalue weighted by molar-refractivity contribution is -0.384. The number of rotatable bonds is 2.